The molecule has 3 aliphatic rings. The number of aliphatic hydroxyl groups excluding tert-OH is 1. The van der Waals surface area contributed by atoms with Crippen molar-refractivity contribution in [2.75, 3.05) is 38.3 Å². The summed E-state index contributed by atoms with van der Waals surface area (Å²) in [5.41, 5.74) is 0.675. The van der Waals surface area contributed by atoms with Crippen LogP contribution in [0.5, 0.6) is 5.75 Å². The standard InChI is InChI=1S/C29H38N2O6S/c1-5-7-8-17-37-28(35)23-22-18-19(3)29(38-22)24(23)26(33)31(15-9-16-32)25(29)27(34)30(14-6-2)20-10-12-21(36-4)13-11-20/h5-6,10-13,19,22-25,32H,1-2,7-9,14-18H2,3-4H3/t19?,22-,23+,24-,25?,29?/m0/s1. The first-order valence-corrected chi connectivity index (χ1v) is 14.2. The Balaban J connectivity index is 1.71. The van der Waals surface area contributed by atoms with Gasteiger partial charge in [0.15, 0.2) is 0 Å². The maximum atomic E-state index is 14.5. The number of ether oxygens (including phenoxy) is 2. The van der Waals surface area contributed by atoms with Crippen LogP contribution in [0.25, 0.3) is 0 Å². The summed E-state index contributed by atoms with van der Waals surface area (Å²) in [5.74, 6) is -1.26. The Labute approximate surface area is 229 Å². The van der Waals surface area contributed by atoms with Gasteiger partial charge in [0.05, 0.1) is 30.3 Å². The Morgan fingerprint density at radius 2 is 1.97 bits per heavy atom. The van der Waals surface area contributed by atoms with E-state index < -0.39 is 22.6 Å². The molecule has 0 aromatic heterocycles. The van der Waals surface area contributed by atoms with Gasteiger partial charge in [-0.05, 0) is 55.9 Å². The highest BCUT2D eigenvalue weighted by atomic mass is 32.2. The molecule has 3 saturated heterocycles. The maximum absolute atomic E-state index is 14.5. The average molecular weight is 543 g/mol. The smallest absolute Gasteiger partial charge is 0.310 e. The van der Waals surface area contributed by atoms with Crippen molar-refractivity contribution in [3.8, 4) is 5.75 Å². The number of likely N-dealkylation sites (tertiary alicyclic amines) is 1. The zero-order valence-electron chi connectivity index (χ0n) is 22.2. The molecule has 3 unspecified atom stereocenters. The maximum Gasteiger partial charge on any atom is 0.310 e. The van der Waals surface area contributed by atoms with Gasteiger partial charge in [0.2, 0.25) is 5.91 Å². The lowest BCUT2D eigenvalue weighted by Crippen LogP contribution is -2.57. The molecule has 1 aromatic carbocycles. The highest BCUT2D eigenvalue weighted by Crippen LogP contribution is 2.68. The molecule has 3 heterocycles. The number of esters is 1. The molecular formula is C29H38N2O6S. The van der Waals surface area contributed by atoms with E-state index in [-0.39, 0.29) is 55.3 Å². The van der Waals surface area contributed by atoms with E-state index >= 15 is 0 Å². The molecule has 0 saturated carbocycles. The monoisotopic (exact) mass is 542 g/mol. The number of carbonyl (C=O) groups excluding carboxylic acids is 3. The summed E-state index contributed by atoms with van der Waals surface area (Å²) in [6.45, 7) is 10.3. The number of hydrogen-bond acceptors (Lipinski definition) is 7. The number of rotatable bonds is 13. The van der Waals surface area contributed by atoms with E-state index in [4.69, 9.17) is 9.47 Å². The largest absolute Gasteiger partial charge is 0.497 e. The molecule has 3 aliphatic heterocycles. The molecule has 38 heavy (non-hydrogen) atoms. The van der Waals surface area contributed by atoms with Gasteiger partial charge in [-0.2, -0.15) is 0 Å². The zero-order valence-corrected chi connectivity index (χ0v) is 23.0. The van der Waals surface area contributed by atoms with Crippen LogP contribution in [0.4, 0.5) is 5.69 Å². The fourth-order valence-electron chi connectivity index (χ4n) is 6.41. The van der Waals surface area contributed by atoms with Gasteiger partial charge in [0.1, 0.15) is 11.8 Å². The van der Waals surface area contributed by atoms with Gasteiger partial charge in [0.25, 0.3) is 5.91 Å². The number of aliphatic hydroxyl groups is 1. The molecule has 0 aliphatic carbocycles. The average Bonchev–Trinajstić information content (AvgIpc) is 3.51. The van der Waals surface area contributed by atoms with Crippen LogP contribution in [-0.4, -0.2) is 77.2 Å². The molecule has 4 rings (SSSR count). The second-order valence-electron chi connectivity index (χ2n) is 10.2. The van der Waals surface area contributed by atoms with Crippen molar-refractivity contribution >= 4 is 35.2 Å². The third-order valence-electron chi connectivity index (χ3n) is 8.07. The number of hydrogen-bond donors (Lipinski definition) is 1. The number of fused-ring (bicyclic) bond motifs is 1. The van der Waals surface area contributed by atoms with Crippen molar-refractivity contribution in [3.05, 3.63) is 49.6 Å². The molecule has 9 heteroatoms. The minimum atomic E-state index is -0.767. The minimum absolute atomic E-state index is 0.0470. The van der Waals surface area contributed by atoms with E-state index in [1.807, 2.05) is 12.1 Å². The van der Waals surface area contributed by atoms with Gasteiger partial charge in [-0.15, -0.1) is 24.9 Å². The third-order valence-corrected chi connectivity index (χ3v) is 10.1. The van der Waals surface area contributed by atoms with E-state index in [0.717, 1.165) is 12.8 Å². The Bertz CT molecular complexity index is 1060. The van der Waals surface area contributed by atoms with Crippen LogP contribution in [0.2, 0.25) is 0 Å². The van der Waals surface area contributed by atoms with Crippen LogP contribution in [0.3, 0.4) is 0 Å². The second kappa shape index (κ2) is 11.9. The van der Waals surface area contributed by atoms with Crippen molar-refractivity contribution in [1.82, 2.24) is 4.90 Å². The van der Waals surface area contributed by atoms with E-state index in [1.54, 1.807) is 53.0 Å². The molecule has 2 bridgehead atoms. The molecular weight excluding hydrogens is 504 g/mol. The fraction of sp³-hybridized carbons (Fsp3) is 0.552. The number of carbonyl (C=O) groups is 3. The van der Waals surface area contributed by atoms with E-state index in [1.165, 1.54) is 0 Å². The van der Waals surface area contributed by atoms with Crippen LogP contribution in [-0.2, 0) is 19.1 Å². The normalized spacial score (nSPS) is 29.2. The van der Waals surface area contributed by atoms with Crippen LogP contribution < -0.4 is 9.64 Å². The summed E-state index contributed by atoms with van der Waals surface area (Å²) in [5, 5.41) is 9.51. The molecule has 6 atom stereocenters. The van der Waals surface area contributed by atoms with Crippen molar-refractivity contribution in [1.29, 1.82) is 0 Å². The van der Waals surface area contributed by atoms with E-state index in [0.29, 0.717) is 24.3 Å². The summed E-state index contributed by atoms with van der Waals surface area (Å²) in [6, 6.07) is 6.45. The Kier molecular flexibility index (Phi) is 8.88. The first kappa shape index (κ1) is 28.2. The summed E-state index contributed by atoms with van der Waals surface area (Å²) < 4.78 is 10.2. The molecule has 1 N–H and O–H groups in total. The first-order valence-electron chi connectivity index (χ1n) is 13.3. The number of allylic oxidation sites excluding steroid dienone is 1. The fourth-order valence-corrected chi connectivity index (χ4v) is 8.81. The van der Waals surface area contributed by atoms with Crippen molar-refractivity contribution < 1.29 is 29.0 Å². The number of thioether (sulfide) groups is 1. The lowest BCUT2D eigenvalue weighted by molar-refractivity contribution is -0.154. The number of unbranched alkanes of at least 4 members (excludes halogenated alkanes) is 1. The Morgan fingerprint density at radius 1 is 1.24 bits per heavy atom. The molecule has 8 nitrogen and oxygen atoms in total. The summed E-state index contributed by atoms with van der Waals surface area (Å²) >= 11 is 1.62. The highest BCUT2D eigenvalue weighted by Gasteiger charge is 2.76. The van der Waals surface area contributed by atoms with E-state index in [2.05, 4.69) is 20.1 Å². The molecule has 1 aromatic rings. The summed E-state index contributed by atoms with van der Waals surface area (Å²) in [6.07, 6.45) is 5.96. The van der Waals surface area contributed by atoms with Crippen molar-refractivity contribution in [2.24, 2.45) is 17.8 Å². The van der Waals surface area contributed by atoms with Crippen LogP contribution in [0.1, 0.15) is 32.6 Å². The number of amides is 2. The first-order chi connectivity index (χ1) is 18.3. The molecule has 1 spiro atoms. The van der Waals surface area contributed by atoms with Gasteiger partial charge >= 0.3 is 5.97 Å². The van der Waals surface area contributed by atoms with Gasteiger partial charge < -0.3 is 24.4 Å². The van der Waals surface area contributed by atoms with E-state index in [9.17, 15) is 19.5 Å². The van der Waals surface area contributed by atoms with Gasteiger partial charge in [-0.1, -0.05) is 19.1 Å². The predicted octanol–water partition coefficient (Wildman–Crippen LogP) is 3.44. The molecule has 2 amide bonds. The number of anilines is 1. The lowest BCUT2D eigenvalue weighted by atomic mass is 9.66. The third kappa shape index (κ3) is 4.75. The number of benzene rings is 1. The van der Waals surface area contributed by atoms with Gasteiger partial charge in [0, 0.05) is 30.6 Å². The zero-order chi connectivity index (χ0) is 27.4. The quantitative estimate of drug-likeness (QED) is 0.232. The second-order valence-corrected chi connectivity index (χ2v) is 11.7. The van der Waals surface area contributed by atoms with Crippen LogP contribution in [0, 0.1) is 17.8 Å². The molecule has 206 valence electrons. The van der Waals surface area contributed by atoms with Crippen molar-refractivity contribution in [3.63, 3.8) is 0 Å². The van der Waals surface area contributed by atoms with Gasteiger partial charge in [-0.25, -0.2) is 0 Å². The summed E-state index contributed by atoms with van der Waals surface area (Å²) in [4.78, 5) is 45.1. The highest BCUT2D eigenvalue weighted by molar-refractivity contribution is 8.02. The number of nitrogens with zero attached hydrogens (tertiary/aromatic N) is 2. The molecule has 0 radical (unpaired) electrons. The Hall–Kier alpha value is -2.78. The van der Waals surface area contributed by atoms with Crippen LogP contribution >= 0.6 is 11.8 Å². The van der Waals surface area contributed by atoms with Crippen molar-refractivity contribution in [2.45, 2.75) is 48.6 Å². The van der Waals surface area contributed by atoms with Crippen LogP contribution in [0.15, 0.2) is 49.6 Å². The predicted molar refractivity (Wildman–Crippen MR) is 148 cm³/mol. The minimum Gasteiger partial charge on any atom is -0.497 e. The number of methoxy groups -OCH3 is 1. The molecule has 3 fully saturated rings. The topological polar surface area (TPSA) is 96.4 Å². The lowest BCUT2D eigenvalue weighted by Gasteiger charge is -2.40. The summed E-state index contributed by atoms with van der Waals surface area (Å²) in [7, 11) is 1.58. The Morgan fingerprint density at radius 3 is 2.61 bits per heavy atom. The SMILES string of the molecule is C=CCCCOC(=O)[C@@H]1[C@@H]2CC(C)C3(S2)C(C(=O)N(CC=C)c2ccc(OC)cc2)N(CCCO)C(=O)[C@H]13. The van der Waals surface area contributed by atoms with Gasteiger partial charge in [-0.3, -0.25) is 14.4 Å².